The fraction of sp³-hybridized carbons (Fsp3) is 0.667. The molecule has 94 valence electrons. The number of ether oxygens (including phenoxy) is 1. The van der Waals surface area contributed by atoms with Gasteiger partial charge in [0.2, 0.25) is 11.8 Å². The number of hydrogen-bond donors (Lipinski definition) is 1. The number of nitrogens with zero attached hydrogens (tertiary/aromatic N) is 3. The van der Waals surface area contributed by atoms with E-state index in [9.17, 15) is 0 Å². The first-order valence-corrected chi connectivity index (χ1v) is 5.94. The lowest BCUT2D eigenvalue weighted by molar-refractivity contribution is 0.279. The predicted octanol–water partition coefficient (Wildman–Crippen LogP) is 1.69. The molecule has 5 heteroatoms. The molecular weight excluding hydrogens is 216 g/mol. The van der Waals surface area contributed by atoms with Crippen LogP contribution >= 0.6 is 0 Å². The van der Waals surface area contributed by atoms with E-state index in [0.717, 1.165) is 18.9 Å². The van der Waals surface area contributed by atoms with E-state index in [1.54, 1.807) is 7.11 Å². The Hall–Kier alpha value is -1.52. The van der Waals surface area contributed by atoms with Crippen molar-refractivity contribution in [1.29, 1.82) is 0 Å². The molecular formula is C12H20N4O. The molecule has 1 saturated heterocycles. The lowest BCUT2D eigenvalue weighted by Crippen LogP contribution is -2.37. The van der Waals surface area contributed by atoms with Crippen molar-refractivity contribution >= 4 is 11.8 Å². The van der Waals surface area contributed by atoms with Gasteiger partial charge in [0.25, 0.3) is 0 Å². The molecule has 0 atom stereocenters. The largest absolute Gasteiger partial charge is 0.481 e. The molecule has 2 N–H and O–H groups in total. The van der Waals surface area contributed by atoms with Crippen LogP contribution in [0.3, 0.4) is 0 Å². The molecule has 1 aromatic heterocycles. The molecule has 0 aliphatic carbocycles. The minimum atomic E-state index is 0.268. The molecule has 1 aliphatic rings. The number of methoxy groups -OCH3 is 1. The van der Waals surface area contributed by atoms with Crippen molar-refractivity contribution in [3.05, 3.63) is 6.07 Å². The fourth-order valence-electron chi connectivity index (χ4n) is 2.04. The zero-order valence-electron chi connectivity index (χ0n) is 10.7. The second-order valence-electron chi connectivity index (χ2n) is 5.28. The zero-order valence-corrected chi connectivity index (χ0v) is 10.7. The number of anilines is 2. The molecule has 1 fully saturated rings. The third-order valence-electron chi connectivity index (χ3n) is 3.36. The first-order valence-electron chi connectivity index (χ1n) is 5.94. The van der Waals surface area contributed by atoms with Crippen LogP contribution in [0.5, 0.6) is 5.88 Å². The van der Waals surface area contributed by atoms with Gasteiger partial charge >= 0.3 is 0 Å². The molecule has 0 saturated carbocycles. The van der Waals surface area contributed by atoms with Gasteiger partial charge in [-0.25, -0.2) is 0 Å². The Balaban J connectivity index is 2.15. The Labute approximate surface area is 102 Å². The Morgan fingerprint density at radius 3 is 2.53 bits per heavy atom. The highest BCUT2D eigenvalue weighted by molar-refractivity contribution is 5.45. The van der Waals surface area contributed by atoms with Crippen LogP contribution in [0.2, 0.25) is 0 Å². The topological polar surface area (TPSA) is 64.3 Å². The molecule has 1 aliphatic heterocycles. The maximum atomic E-state index is 5.67. The minimum absolute atomic E-state index is 0.268. The van der Waals surface area contributed by atoms with E-state index in [4.69, 9.17) is 10.5 Å². The van der Waals surface area contributed by atoms with E-state index in [2.05, 4.69) is 28.7 Å². The summed E-state index contributed by atoms with van der Waals surface area (Å²) >= 11 is 0. The van der Waals surface area contributed by atoms with Crippen LogP contribution in [0, 0.1) is 5.41 Å². The van der Waals surface area contributed by atoms with Crippen molar-refractivity contribution in [2.45, 2.75) is 26.7 Å². The van der Waals surface area contributed by atoms with E-state index in [-0.39, 0.29) is 5.95 Å². The smallest absolute Gasteiger partial charge is 0.225 e. The number of nitrogen functional groups attached to an aromatic ring is 1. The molecule has 0 aromatic carbocycles. The van der Waals surface area contributed by atoms with Crippen molar-refractivity contribution in [1.82, 2.24) is 9.97 Å². The van der Waals surface area contributed by atoms with Crippen molar-refractivity contribution < 1.29 is 4.74 Å². The molecule has 0 bridgehead atoms. The van der Waals surface area contributed by atoms with Gasteiger partial charge in [0.05, 0.1) is 7.11 Å². The van der Waals surface area contributed by atoms with Gasteiger partial charge in [-0.05, 0) is 18.3 Å². The summed E-state index contributed by atoms with van der Waals surface area (Å²) in [5.74, 6) is 1.66. The van der Waals surface area contributed by atoms with E-state index < -0.39 is 0 Å². The molecule has 2 heterocycles. The van der Waals surface area contributed by atoms with Crippen LogP contribution in [-0.2, 0) is 0 Å². The van der Waals surface area contributed by atoms with Gasteiger partial charge in [0.15, 0.2) is 0 Å². The van der Waals surface area contributed by atoms with Crippen molar-refractivity contribution in [3.63, 3.8) is 0 Å². The quantitative estimate of drug-likeness (QED) is 0.846. The Morgan fingerprint density at radius 1 is 1.29 bits per heavy atom. The standard InChI is InChI=1S/C12H20N4O/c1-12(2)4-6-16(7-5-12)9-8-10(17-3)15-11(13)14-9/h8H,4-7H2,1-3H3,(H2,13,14,15). The average Bonchev–Trinajstić information content (AvgIpc) is 2.28. The third-order valence-corrected chi connectivity index (χ3v) is 3.36. The first-order chi connectivity index (χ1) is 8.00. The van der Waals surface area contributed by atoms with Crippen molar-refractivity contribution in [2.24, 2.45) is 5.41 Å². The Kier molecular flexibility index (Phi) is 3.09. The number of aromatic nitrogens is 2. The van der Waals surface area contributed by atoms with Crippen LogP contribution in [0.1, 0.15) is 26.7 Å². The highest BCUT2D eigenvalue weighted by Gasteiger charge is 2.26. The summed E-state index contributed by atoms with van der Waals surface area (Å²) in [5.41, 5.74) is 6.10. The number of hydrogen-bond acceptors (Lipinski definition) is 5. The molecule has 0 spiro atoms. The summed E-state index contributed by atoms with van der Waals surface area (Å²) < 4.78 is 5.11. The van der Waals surface area contributed by atoms with E-state index in [1.165, 1.54) is 12.8 Å². The summed E-state index contributed by atoms with van der Waals surface area (Å²) in [4.78, 5) is 10.5. The molecule has 0 amide bonds. The normalized spacial score (nSPS) is 19.1. The fourth-order valence-corrected chi connectivity index (χ4v) is 2.04. The lowest BCUT2D eigenvalue weighted by Gasteiger charge is -2.37. The van der Waals surface area contributed by atoms with Crippen LogP contribution in [-0.4, -0.2) is 30.2 Å². The predicted molar refractivity (Wildman–Crippen MR) is 68.2 cm³/mol. The molecule has 0 radical (unpaired) electrons. The van der Waals surface area contributed by atoms with Crippen LogP contribution < -0.4 is 15.4 Å². The molecule has 5 nitrogen and oxygen atoms in total. The highest BCUT2D eigenvalue weighted by Crippen LogP contribution is 2.32. The monoisotopic (exact) mass is 236 g/mol. The van der Waals surface area contributed by atoms with Crippen molar-refractivity contribution in [2.75, 3.05) is 30.8 Å². The summed E-state index contributed by atoms with van der Waals surface area (Å²) in [6.07, 6.45) is 2.33. The van der Waals surface area contributed by atoms with Gasteiger partial charge in [-0.3, -0.25) is 0 Å². The van der Waals surface area contributed by atoms with Gasteiger partial charge in [-0.15, -0.1) is 0 Å². The SMILES string of the molecule is COc1cc(N2CCC(C)(C)CC2)nc(N)n1. The third kappa shape index (κ3) is 2.78. The van der Waals surface area contributed by atoms with Gasteiger partial charge in [0, 0.05) is 19.2 Å². The summed E-state index contributed by atoms with van der Waals surface area (Å²) in [6, 6.07) is 1.84. The maximum absolute atomic E-state index is 5.67. The van der Waals surface area contributed by atoms with Crippen LogP contribution in [0.15, 0.2) is 6.07 Å². The second-order valence-corrected chi connectivity index (χ2v) is 5.28. The van der Waals surface area contributed by atoms with Crippen LogP contribution in [0.25, 0.3) is 0 Å². The van der Waals surface area contributed by atoms with Gasteiger partial charge in [0.1, 0.15) is 5.82 Å². The second kappa shape index (κ2) is 4.39. The Bertz CT molecular complexity index is 395. The van der Waals surface area contributed by atoms with Crippen LogP contribution in [0.4, 0.5) is 11.8 Å². The molecule has 17 heavy (non-hydrogen) atoms. The first kappa shape index (κ1) is 12.0. The van der Waals surface area contributed by atoms with Gasteiger partial charge in [-0.2, -0.15) is 9.97 Å². The summed E-state index contributed by atoms with van der Waals surface area (Å²) in [7, 11) is 1.59. The molecule has 1 aromatic rings. The minimum Gasteiger partial charge on any atom is -0.481 e. The summed E-state index contributed by atoms with van der Waals surface area (Å²) in [6.45, 7) is 6.62. The summed E-state index contributed by atoms with van der Waals surface area (Å²) in [5, 5.41) is 0. The van der Waals surface area contributed by atoms with Gasteiger partial charge < -0.3 is 15.4 Å². The lowest BCUT2D eigenvalue weighted by atomic mass is 9.83. The van der Waals surface area contributed by atoms with Gasteiger partial charge in [-0.1, -0.05) is 13.8 Å². The number of piperidine rings is 1. The zero-order chi connectivity index (χ0) is 12.5. The van der Waals surface area contributed by atoms with Crippen molar-refractivity contribution in [3.8, 4) is 5.88 Å². The molecule has 2 rings (SSSR count). The average molecular weight is 236 g/mol. The number of rotatable bonds is 2. The maximum Gasteiger partial charge on any atom is 0.225 e. The van der Waals surface area contributed by atoms with E-state index in [1.807, 2.05) is 6.07 Å². The van der Waals surface area contributed by atoms with E-state index in [0.29, 0.717) is 11.3 Å². The highest BCUT2D eigenvalue weighted by atomic mass is 16.5. The van der Waals surface area contributed by atoms with E-state index >= 15 is 0 Å². The Morgan fingerprint density at radius 2 is 1.94 bits per heavy atom. The number of nitrogens with two attached hydrogens (primary N) is 1. The molecule has 0 unspecified atom stereocenters.